The predicted octanol–water partition coefficient (Wildman–Crippen LogP) is 0.942. The van der Waals surface area contributed by atoms with E-state index in [1.807, 2.05) is 18.2 Å². The first kappa shape index (κ1) is 9.38. The van der Waals surface area contributed by atoms with E-state index in [1.54, 1.807) is 13.1 Å². The zero-order valence-electron chi connectivity index (χ0n) is 7.61. The second kappa shape index (κ2) is 4.35. The maximum atomic E-state index is 10.5. The second-order valence-electron chi connectivity index (χ2n) is 2.58. The topological polar surface area (TPSA) is 54.4 Å². The summed E-state index contributed by atoms with van der Waals surface area (Å²) in [6.45, 7) is 3.20. The van der Waals surface area contributed by atoms with Crippen molar-refractivity contribution in [3.8, 4) is 0 Å². The molecule has 0 fully saturated rings. The van der Waals surface area contributed by atoms with Crippen molar-refractivity contribution in [2.24, 2.45) is 5.10 Å². The molecule has 0 saturated heterocycles. The van der Waals surface area contributed by atoms with Crippen LogP contribution in [0.2, 0.25) is 0 Å². The van der Waals surface area contributed by atoms with Gasteiger partial charge in [0, 0.05) is 13.1 Å². The van der Waals surface area contributed by atoms with Crippen LogP contribution in [-0.2, 0) is 4.79 Å². The highest BCUT2D eigenvalue weighted by atomic mass is 16.2. The first-order valence-electron chi connectivity index (χ1n) is 3.92. The Morgan fingerprint density at radius 3 is 2.77 bits per heavy atom. The smallest absolute Gasteiger partial charge is 0.236 e. The molecule has 0 unspecified atom stereocenters. The Hall–Kier alpha value is -1.71. The van der Waals surface area contributed by atoms with Gasteiger partial charge in [0.2, 0.25) is 5.91 Å². The quantitative estimate of drug-likeness (QED) is 0.540. The molecule has 1 aromatic rings. The third-order valence-electron chi connectivity index (χ3n) is 1.42. The summed E-state index contributed by atoms with van der Waals surface area (Å²) in [4.78, 5) is 14.6. The molecule has 0 aliphatic heterocycles. The van der Waals surface area contributed by atoms with Crippen LogP contribution in [0, 0.1) is 0 Å². The van der Waals surface area contributed by atoms with Gasteiger partial charge in [0.1, 0.15) is 0 Å². The van der Waals surface area contributed by atoms with Gasteiger partial charge in [0.05, 0.1) is 11.4 Å². The number of hydrazone groups is 1. The van der Waals surface area contributed by atoms with Crippen molar-refractivity contribution < 1.29 is 4.79 Å². The maximum Gasteiger partial charge on any atom is 0.236 e. The van der Waals surface area contributed by atoms with Gasteiger partial charge in [-0.25, -0.2) is 5.43 Å². The van der Waals surface area contributed by atoms with E-state index >= 15 is 0 Å². The van der Waals surface area contributed by atoms with Crippen LogP contribution in [0.5, 0.6) is 0 Å². The fourth-order valence-electron chi connectivity index (χ4n) is 0.797. The summed E-state index contributed by atoms with van der Waals surface area (Å²) < 4.78 is 0. The van der Waals surface area contributed by atoms with E-state index in [2.05, 4.69) is 15.5 Å². The lowest BCUT2D eigenvalue weighted by Gasteiger charge is -1.98. The van der Waals surface area contributed by atoms with Gasteiger partial charge in [-0.15, -0.1) is 0 Å². The Morgan fingerprint density at radius 1 is 1.46 bits per heavy atom. The minimum absolute atomic E-state index is 0.185. The number of carbonyl (C=O) groups is 1. The molecular formula is C9H11N3O. The number of nitrogens with zero attached hydrogens (tertiary/aromatic N) is 2. The van der Waals surface area contributed by atoms with Crippen molar-refractivity contribution >= 4 is 11.6 Å². The van der Waals surface area contributed by atoms with E-state index < -0.39 is 0 Å². The number of pyridine rings is 1. The molecule has 0 radical (unpaired) electrons. The highest BCUT2D eigenvalue weighted by Gasteiger charge is 1.96. The van der Waals surface area contributed by atoms with Crippen LogP contribution >= 0.6 is 0 Å². The molecule has 0 spiro atoms. The van der Waals surface area contributed by atoms with Crippen LogP contribution in [0.15, 0.2) is 29.5 Å². The molecule has 0 aliphatic carbocycles. The Kier molecular flexibility index (Phi) is 3.14. The SMILES string of the molecule is CC(=O)N/N=C(\C)c1ccccn1. The van der Waals surface area contributed by atoms with Crippen LogP contribution in [0.1, 0.15) is 19.5 Å². The average Bonchev–Trinajstić information content (AvgIpc) is 2.15. The second-order valence-corrected chi connectivity index (χ2v) is 2.58. The Bertz CT molecular complexity index is 319. The van der Waals surface area contributed by atoms with Gasteiger partial charge in [-0.3, -0.25) is 9.78 Å². The summed E-state index contributed by atoms with van der Waals surface area (Å²) in [7, 11) is 0. The van der Waals surface area contributed by atoms with Gasteiger partial charge in [0.25, 0.3) is 0 Å². The fraction of sp³-hybridized carbons (Fsp3) is 0.222. The lowest BCUT2D eigenvalue weighted by molar-refractivity contribution is -0.118. The van der Waals surface area contributed by atoms with E-state index in [0.29, 0.717) is 5.71 Å². The molecule has 1 aromatic heterocycles. The molecule has 13 heavy (non-hydrogen) atoms. The van der Waals surface area contributed by atoms with E-state index in [0.717, 1.165) is 5.69 Å². The van der Waals surface area contributed by atoms with Gasteiger partial charge >= 0.3 is 0 Å². The van der Waals surface area contributed by atoms with Gasteiger partial charge in [-0.1, -0.05) is 6.07 Å². The fourth-order valence-corrected chi connectivity index (χ4v) is 0.797. The lowest BCUT2D eigenvalue weighted by Crippen LogP contribution is -2.15. The maximum absolute atomic E-state index is 10.5. The summed E-state index contributed by atoms with van der Waals surface area (Å²) in [5.74, 6) is -0.185. The van der Waals surface area contributed by atoms with Crippen molar-refractivity contribution in [3.63, 3.8) is 0 Å². The summed E-state index contributed by atoms with van der Waals surface area (Å²) in [5.41, 5.74) is 3.80. The van der Waals surface area contributed by atoms with Crippen LogP contribution in [-0.4, -0.2) is 16.6 Å². The van der Waals surface area contributed by atoms with Crippen LogP contribution in [0.25, 0.3) is 0 Å². The Labute approximate surface area is 76.7 Å². The molecule has 68 valence electrons. The van der Waals surface area contributed by atoms with Crippen LogP contribution < -0.4 is 5.43 Å². The third-order valence-corrected chi connectivity index (χ3v) is 1.42. The first-order chi connectivity index (χ1) is 6.20. The molecule has 0 atom stereocenters. The minimum Gasteiger partial charge on any atom is -0.274 e. The van der Waals surface area contributed by atoms with Gasteiger partial charge in [-0.05, 0) is 19.1 Å². The highest BCUT2D eigenvalue weighted by Crippen LogP contribution is 1.94. The normalized spacial score (nSPS) is 11.1. The van der Waals surface area contributed by atoms with Crippen molar-refractivity contribution in [1.82, 2.24) is 10.4 Å². The summed E-state index contributed by atoms with van der Waals surface area (Å²) in [6, 6.07) is 5.53. The number of amides is 1. The molecule has 4 heteroatoms. The minimum atomic E-state index is -0.185. The number of rotatable bonds is 2. The average molecular weight is 177 g/mol. The van der Waals surface area contributed by atoms with Crippen molar-refractivity contribution in [3.05, 3.63) is 30.1 Å². The molecule has 0 aliphatic rings. The van der Waals surface area contributed by atoms with E-state index in [-0.39, 0.29) is 5.91 Å². The van der Waals surface area contributed by atoms with E-state index in [4.69, 9.17) is 0 Å². The van der Waals surface area contributed by atoms with Gasteiger partial charge < -0.3 is 0 Å². The van der Waals surface area contributed by atoms with E-state index in [1.165, 1.54) is 6.92 Å². The monoisotopic (exact) mass is 177 g/mol. The van der Waals surface area contributed by atoms with Gasteiger partial charge in [-0.2, -0.15) is 5.10 Å². The van der Waals surface area contributed by atoms with E-state index in [9.17, 15) is 4.79 Å². The molecule has 1 rings (SSSR count). The molecule has 1 heterocycles. The molecular weight excluding hydrogens is 166 g/mol. The number of nitrogens with one attached hydrogen (secondary N) is 1. The Balaban J connectivity index is 2.73. The lowest BCUT2D eigenvalue weighted by atomic mass is 10.3. The van der Waals surface area contributed by atoms with Crippen molar-refractivity contribution in [2.75, 3.05) is 0 Å². The number of hydrogen-bond acceptors (Lipinski definition) is 3. The largest absolute Gasteiger partial charge is 0.274 e. The molecule has 4 nitrogen and oxygen atoms in total. The summed E-state index contributed by atoms with van der Waals surface area (Å²) in [6.07, 6.45) is 1.68. The molecule has 0 aromatic carbocycles. The molecule has 1 N–H and O–H groups in total. The number of aromatic nitrogens is 1. The predicted molar refractivity (Wildman–Crippen MR) is 50.3 cm³/mol. The van der Waals surface area contributed by atoms with Gasteiger partial charge in [0.15, 0.2) is 0 Å². The summed E-state index contributed by atoms with van der Waals surface area (Å²) in [5, 5.41) is 3.85. The summed E-state index contributed by atoms with van der Waals surface area (Å²) >= 11 is 0. The zero-order chi connectivity index (χ0) is 9.68. The van der Waals surface area contributed by atoms with Crippen molar-refractivity contribution in [2.45, 2.75) is 13.8 Å². The Morgan fingerprint density at radius 2 is 2.23 bits per heavy atom. The molecule has 0 saturated carbocycles. The van der Waals surface area contributed by atoms with Crippen molar-refractivity contribution in [1.29, 1.82) is 0 Å². The standard InChI is InChI=1S/C9H11N3O/c1-7(11-12-8(2)13)9-5-3-4-6-10-9/h3-6H,1-2H3,(H,12,13)/b11-7+. The van der Waals surface area contributed by atoms with Crippen LogP contribution in [0.4, 0.5) is 0 Å². The zero-order valence-corrected chi connectivity index (χ0v) is 7.61. The number of carbonyl (C=O) groups excluding carboxylic acids is 1. The third kappa shape index (κ3) is 3.02. The first-order valence-corrected chi connectivity index (χ1v) is 3.92. The van der Waals surface area contributed by atoms with Crippen LogP contribution in [0.3, 0.4) is 0 Å². The molecule has 1 amide bonds. The number of hydrogen-bond donors (Lipinski definition) is 1. The highest BCUT2D eigenvalue weighted by molar-refractivity contribution is 5.97. The molecule has 0 bridgehead atoms.